The number of ether oxygens (including phenoxy) is 1. The lowest BCUT2D eigenvalue weighted by molar-refractivity contribution is -0.138. The molecule has 2 aliphatic rings. The number of amides is 2. The largest absolute Gasteiger partial charge is 0.379 e. The van der Waals surface area contributed by atoms with Gasteiger partial charge in [0.1, 0.15) is 0 Å². The van der Waals surface area contributed by atoms with E-state index in [2.05, 4.69) is 10.2 Å². The molecule has 2 fully saturated rings. The highest BCUT2D eigenvalue weighted by molar-refractivity contribution is 5.80. The number of morpholine rings is 1. The van der Waals surface area contributed by atoms with Crippen LogP contribution in [0.1, 0.15) is 39.5 Å². The number of rotatable bonds is 7. The van der Waals surface area contributed by atoms with Crippen molar-refractivity contribution in [2.45, 2.75) is 39.5 Å². The second-order valence-electron chi connectivity index (χ2n) is 7.01. The highest BCUT2D eigenvalue weighted by Gasteiger charge is 2.28. The van der Waals surface area contributed by atoms with Gasteiger partial charge in [0, 0.05) is 44.6 Å². The zero-order valence-electron chi connectivity index (χ0n) is 15.3. The second-order valence-corrected chi connectivity index (χ2v) is 7.01. The third-order valence-corrected chi connectivity index (χ3v) is 5.27. The Hall–Kier alpha value is -1.14. The highest BCUT2D eigenvalue weighted by Crippen LogP contribution is 2.19. The van der Waals surface area contributed by atoms with E-state index in [1.807, 2.05) is 18.7 Å². The Balaban J connectivity index is 1.59. The van der Waals surface area contributed by atoms with Gasteiger partial charge in [0.05, 0.1) is 13.2 Å². The molecule has 0 aromatic heterocycles. The van der Waals surface area contributed by atoms with Crippen LogP contribution in [0.25, 0.3) is 0 Å². The number of likely N-dealkylation sites (tertiary alicyclic amines) is 1. The van der Waals surface area contributed by atoms with E-state index in [-0.39, 0.29) is 23.7 Å². The molecule has 0 spiro atoms. The summed E-state index contributed by atoms with van der Waals surface area (Å²) >= 11 is 0. The van der Waals surface area contributed by atoms with Crippen LogP contribution in [0.5, 0.6) is 0 Å². The van der Waals surface area contributed by atoms with E-state index in [4.69, 9.17) is 4.74 Å². The summed E-state index contributed by atoms with van der Waals surface area (Å²) in [6.45, 7) is 10.8. The number of hydrogen-bond acceptors (Lipinski definition) is 4. The van der Waals surface area contributed by atoms with Gasteiger partial charge < -0.3 is 15.0 Å². The van der Waals surface area contributed by atoms with Crippen LogP contribution < -0.4 is 5.32 Å². The summed E-state index contributed by atoms with van der Waals surface area (Å²) in [5.74, 6) is 0.555. The van der Waals surface area contributed by atoms with Crippen molar-refractivity contribution in [3.8, 4) is 0 Å². The van der Waals surface area contributed by atoms with Crippen molar-refractivity contribution >= 4 is 11.8 Å². The first kappa shape index (κ1) is 19.2. The minimum Gasteiger partial charge on any atom is -0.379 e. The first-order valence-electron chi connectivity index (χ1n) is 9.48. The summed E-state index contributed by atoms with van der Waals surface area (Å²) in [5.41, 5.74) is 0. The summed E-state index contributed by atoms with van der Waals surface area (Å²) in [6, 6.07) is 0. The van der Waals surface area contributed by atoms with Crippen molar-refractivity contribution in [3.63, 3.8) is 0 Å². The van der Waals surface area contributed by atoms with E-state index >= 15 is 0 Å². The monoisotopic (exact) mass is 339 g/mol. The smallest absolute Gasteiger partial charge is 0.225 e. The molecule has 1 atom stereocenters. The molecule has 2 rings (SSSR count). The van der Waals surface area contributed by atoms with E-state index < -0.39 is 0 Å². The summed E-state index contributed by atoms with van der Waals surface area (Å²) < 4.78 is 5.33. The van der Waals surface area contributed by atoms with Crippen molar-refractivity contribution in [2.75, 3.05) is 52.5 Å². The van der Waals surface area contributed by atoms with Crippen LogP contribution >= 0.6 is 0 Å². The fourth-order valence-electron chi connectivity index (χ4n) is 3.33. The molecule has 0 radical (unpaired) electrons. The van der Waals surface area contributed by atoms with Crippen LogP contribution in [-0.4, -0.2) is 74.1 Å². The van der Waals surface area contributed by atoms with Crippen molar-refractivity contribution in [1.29, 1.82) is 0 Å². The van der Waals surface area contributed by atoms with Crippen molar-refractivity contribution in [1.82, 2.24) is 15.1 Å². The van der Waals surface area contributed by atoms with Gasteiger partial charge in [-0.2, -0.15) is 0 Å². The van der Waals surface area contributed by atoms with Crippen molar-refractivity contribution < 1.29 is 14.3 Å². The van der Waals surface area contributed by atoms with Gasteiger partial charge >= 0.3 is 0 Å². The maximum Gasteiger partial charge on any atom is 0.225 e. The zero-order valence-corrected chi connectivity index (χ0v) is 15.3. The molecule has 2 heterocycles. The molecule has 6 heteroatoms. The van der Waals surface area contributed by atoms with E-state index in [0.29, 0.717) is 0 Å². The van der Waals surface area contributed by atoms with Crippen LogP contribution in [0.15, 0.2) is 0 Å². The van der Waals surface area contributed by atoms with Crippen LogP contribution in [0.2, 0.25) is 0 Å². The highest BCUT2D eigenvalue weighted by atomic mass is 16.5. The number of piperidine rings is 1. The van der Waals surface area contributed by atoms with Gasteiger partial charge in [-0.05, 0) is 32.2 Å². The predicted octanol–water partition coefficient (Wildman–Crippen LogP) is 1.11. The predicted molar refractivity (Wildman–Crippen MR) is 93.6 cm³/mol. The summed E-state index contributed by atoms with van der Waals surface area (Å²) in [7, 11) is 0. The Morgan fingerprint density at radius 1 is 1.17 bits per heavy atom. The molecular formula is C18H33N3O3. The van der Waals surface area contributed by atoms with Gasteiger partial charge in [0.2, 0.25) is 11.8 Å². The van der Waals surface area contributed by atoms with E-state index in [0.717, 1.165) is 78.2 Å². The average Bonchev–Trinajstić information content (AvgIpc) is 2.64. The SMILES string of the molecule is CC[C@@H](C)C(=O)N1CCC(C(=O)NCCCN2CCOCC2)CC1. The minimum atomic E-state index is 0.0642. The number of nitrogens with one attached hydrogen (secondary N) is 1. The molecule has 2 saturated heterocycles. The summed E-state index contributed by atoms with van der Waals surface area (Å²) in [6.07, 6.45) is 3.44. The molecule has 6 nitrogen and oxygen atoms in total. The van der Waals surface area contributed by atoms with Crippen molar-refractivity contribution in [2.24, 2.45) is 11.8 Å². The molecule has 0 bridgehead atoms. The van der Waals surface area contributed by atoms with E-state index in [1.165, 1.54) is 0 Å². The summed E-state index contributed by atoms with van der Waals surface area (Å²) in [4.78, 5) is 28.8. The van der Waals surface area contributed by atoms with Gasteiger partial charge in [-0.1, -0.05) is 13.8 Å². The topological polar surface area (TPSA) is 61.9 Å². The molecule has 0 aliphatic carbocycles. The second kappa shape index (κ2) is 9.99. The van der Waals surface area contributed by atoms with Crippen LogP contribution in [-0.2, 0) is 14.3 Å². The molecule has 2 aliphatic heterocycles. The number of nitrogens with zero attached hydrogens (tertiary/aromatic N) is 2. The van der Waals surface area contributed by atoms with E-state index in [9.17, 15) is 9.59 Å². The molecule has 138 valence electrons. The third-order valence-electron chi connectivity index (χ3n) is 5.27. The fraction of sp³-hybridized carbons (Fsp3) is 0.889. The normalized spacial score (nSPS) is 21.5. The molecule has 0 aromatic rings. The molecule has 0 aromatic carbocycles. The van der Waals surface area contributed by atoms with Gasteiger partial charge in [0.25, 0.3) is 0 Å². The number of carbonyl (C=O) groups is 2. The summed E-state index contributed by atoms with van der Waals surface area (Å²) in [5, 5.41) is 3.07. The lowest BCUT2D eigenvalue weighted by Gasteiger charge is -2.33. The lowest BCUT2D eigenvalue weighted by atomic mass is 9.94. The van der Waals surface area contributed by atoms with Gasteiger partial charge in [-0.3, -0.25) is 14.5 Å². The number of hydrogen-bond donors (Lipinski definition) is 1. The average molecular weight is 339 g/mol. The Labute approximate surface area is 145 Å². The third kappa shape index (κ3) is 5.74. The van der Waals surface area contributed by atoms with Crippen LogP contribution in [0.3, 0.4) is 0 Å². The molecule has 2 amide bonds. The lowest BCUT2D eigenvalue weighted by Crippen LogP contribution is -2.45. The van der Waals surface area contributed by atoms with Gasteiger partial charge in [-0.25, -0.2) is 0 Å². The molecule has 0 saturated carbocycles. The minimum absolute atomic E-state index is 0.0642. The van der Waals surface area contributed by atoms with Gasteiger partial charge in [-0.15, -0.1) is 0 Å². The quantitative estimate of drug-likeness (QED) is 0.706. The Morgan fingerprint density at radius 3 is 2.46 bits per heavy atom. The molecular weight excluding hydrogens is 306 g/mol. The molecule has 24 heavy (non-hydrogen) atoms. The Kier molecular flexibility index (Phi) is 7.99. The Bertz CT molecular complexity index is 402. The first-order valence-corrected chi connectivity index (χ1v) is 9.48. The van der Waals surface area contributed by atoms with Gasteiger partial charge in [0.15, 0.2) is 0 Å². The first-order chi connectivity index (χ1) is 11.6. The fourth-order valence-corrected chi connectivity index (χ4v) is 3.33. The standard InChI is InChI=1S/C18H33N3O3/c1-3-15(2)18(23)21-9-5-16(6-10-21)17(22)19-7-4-8-20-11-13-24-14-12-20/h15-16H,3-14H2,1-2H3,(H,19,22)/t15-/m1/s1. The number of carbonyl (C=O) groups excluding carboxylic acids is 2. The van der Waals surface area contributed by atoms with Crippen molar-refractivity contribution in [3.05, 3.63) is 0 Å². The molecule has 0 unspecified atom stereocenters. The maximum atomic E-state index is 12.3. The molecule has 1 N–H and O–H groups in total. The maximum absolute atomic E-state index is 12.3. The van der Waals surface area contributed by atoms with Crippen LogP contribution in [0.4, 0.5) is 0 Å². The van der Waals surface area contributed by atoms with Crippen LogP contribution in [0, 0.1) is 11.8 Å². The van der Waals surface area contributed by atoms with E-state index in [1.54, 1.807) is 0 Å². The Morgan fingerprint density at radius 2 is 1.83 bits per heavy atom. The zero-order chi connectivity index (χ0) is 17.4.